The van der Waals surface area contributed by atoms with Gasteiger partial charge in [-0.05, 0) is 51.0 Å². The molecule has 2 aromatic rings. The van der Waals surface area contributed by atoms with Gasteiger partial charge in [0.2, 0.25) is 0 Å². The molecule has 0 radical (unpaired) electrons. The van der Waals surface area contributed by atoms with E-state index in [0.29, 0.717) is 18.2 Å². The lowest BCUT2D eigenvalue weighted by Gasteiger charge is -2.23. The second-order valence-corrected chi connectivity index (χ2v) is 6.59. The monoisotopic (exact) mass is 354 g/mol. The number of aryl methyl sites for hydroxylation is 1. The van der Waals surface area contributed by atoms with Crippen LogP contribution in [0.5, 0.6) is 0 Å². The second kappa shape index (κ2) is 8.65. The lowest BCUT2D eigenvalue weighted by Crippen LogP contribution is -2.23. The van der Waals surface area contributed by atoms with Crippen molar-refractivity contribution >= 4 is 23.3 Å². The highest BCUT2D eigenvalue weighted by Gasteiger charge is 2.14. The van der Waals surface area contributed by atoms with Crippen LogP contribution in [0.2, 0.25) is 0 Å². The number of ether oxygens (including phenoxy) is 1. The van der Waals surface area contributed by atoms with Gasteiger partial charge in [-0.2, -0.15) is 0 Å². The van der Waals surface area contributed by atoms with E-state index >= 15 is 0 Å². The van der Waals surface area contributed by atoms with Crippen LogP contribution < -0.4 is 10.6 Å². The number of hydrogen-bond donors (Lipinski definition) is 2. The van der Waals surface area contributed by atoms with E-state index < -0.39 is 0 Å². The molecule has 1 heterocycles. The van der Waals surface area contributed by atoms with Crippen molar-refractivity contribution in [2.45, 2.75) is 52.0 Å². The SMILES string of the molecule is CCOC(=O)c1ccc(Nc2cc(NC3CCCCC3)nc(C)n2)cc1. The summed E-state index contributed by atoms with van der Waals surface area (Å²) in [7, 11) is 0. The Labute approximate surface area is 154 Å². The highest BCUT2D eigenvalue weighted by molar-refractivity contribution is 5.89. The van der Waals surface area contributed by atoms with Crippen molar-refractivity contribution in [3.63, 3.8) is 0 Å². The number of hydrogen-bond acceptors (Lipinski definition) is 6. The Kier molecular flexibility index (Phi) is 6.04. The van der Waals surface area contributed by atoms with Crippen LogP contribution in [0.15, 0.2) is 30.3 Å². The van der Waals surface area contributed by atoms with Gasteiger partial charge in [0.25, 0.3) is 0 Å². The second-order valence-electron chi connectivity index (χ2n) is 6.59. The molecule has 2 N–H and O–H groups in total. The third kappa shape index (κ3) is 4.94. The molecular weight excluding hydrogens is 328 g/mol. The van der Waals surface area contributed by atoms with Gasteiger partial charge in [-0.15, -0.1) is 0 Å². The van der Waals surface area contributed by atoms with Gasteiger partial charge in [0.05, 0.1) is 12.2 Å². The van der Waals surface area contributed by atoms with Gasteiger partial charge >= 0.3 is 5.97 Å². The van der Waals surface area contributed by atoms with Crippen molar-refractivity contribution in [1.82, 2.24) is 9.97 Å². The van der Waals surface area contributed by atoms with Gasteiger partial charge < -0.3 is 15.4 Å². The van der Waals surface area contributed by atoms with E-state index in [0.717, 1.165) is 23.1 Å². The Hall–Kier alpha value is -2.63. The number of anilines is 3. The number of carbonyl (C=O) groups is 1. The summed E-state index contributed by atoms with van der Waals surface area (Å²) in [5.41, 5.74) is 1.40. The van der Waals surface area contributed by atoms with Gasteiger partial charge in [0, 0.05) is 17.8 Å². The normalized spacial score (nSPS) is 14.7. The summed E-state index contributed by atoms with van der Waals surface area (Å²) in [6.45, 7) is 4.06. The minimum absolute atomic E-state index is 0.309. The zero-order valence-corrected chi connectivity index (χ0v) is 15.4. The minimum Gasteiger partial charge on any atom is -0.462 e. The zero-order valence-electron chi connectivity index (χ0n) is 15.4. The Morgan fingerprint density at radius 3 is 2.50 bits per heavy atom. The predicted octanol–water partition coefficient (Wildman–Crippen LogP) is 4.45. The van der Waals surface area contributed by atoms with Gasteiger partial charge in [-0.25, -0.2) is 14.8 Å². The topological polar surface area (TPSA) is 76.1 Å². The molecule has 0 amide bonds. The van der Waals surface area contributed by atoms with E-state index in [-0.39, 0.29) is 5.97 Å². The molecule has 1 fully saturated rings. The van der Waals surface area contributed by atoms with E-state index in [1.54, 1.807) is 19.1 Å². The molecule has 0 aliphatic heterocycles. The molecule has 0 bridgehead atoms. The third-order valence-electron chi connectivity index (χ3n) is 4.46. The Morgan fingerprint density at radius 2 is 1.81 bits per heavy atom. The van der Waals surface area contributed by atoms with E-state index in [1.807, 2.05) is 25.1 Å². The molecule has 1 aliphatic rings. The number of rotatable bonds is 6. The fraction of sp³-hybridized carbons (Fsp3) is 0.450. The van der Waals surface area contributed by atoms with Crippen molar-refractivity contribution in [2.75, 3.05) is 17.2 Å². The van der Waals surface area contributed by atoms with Crippen LogP contribution in [0.4, 0.5) is 17.3 Å². The average Bonchev–Trinajstić information content (AvgIpc) is 2.63. The molecule has 1 aromatic heterocycles. The summed E-state index contributed by atoms with van der Waals surface area (Å²) in [5.74, 6) is 2.00. The van der Waals surface area contributed by atoms with Crippen LogP contribution in [0.1, 0.15) is 55.2 Å². The smallest absolute Gasteiger partial charge is 0.338 e. The maximum absolute atomic E-state index is 11.7. The third-order valence-corrected chi connectivity index (χ3v) is 4.46. The lowest BCUT2D eigenvalue weighted by molar-refractivity contribution is 0.0526. The molecule has 1 aromatic carbocycles. The van der Waals surface area contributed by atoms with Crippen molar-refractivity contribution in [2.24, 2.45) is 0 Å². The summed E-state index contributed by atoms with van der Waals surface area (Å²) < 4.78 is 5.00. The number of aromatic nitrogens is 2. The summed E-state index contributed by atoms with van der Waals surface area (Å²) in [4.78, 5) is 20.7. The van der Waals surface area contributed by atoms with Crippen molar-refractivity contribution in [3.05, 3.63) is 41.7 Å². The van der Waals surface area contributed by atoms with Gasteiger partial charge in [0.1, 0.15) is 17.5 Å². The number of esters is 1. The standard InChI is InChI=1S/C20H26N4O2/c1-3-26-20(25)15-9-11-17(12-10-15)24-19-13-18(21-14(2)22-19)23-16-7-5-4-6-8-16/h9-13,16H,3-8H2,1-2H3,(H2,21,22,23,24). The van der Waals surface area contributed by atoms with Crippen LogP contribution in [-0.2, 0) is 4.74 Å². The van der Waals surface area contributed by atoms with Crippen LogP contribution in [0.3, 0.4) is 0 Å². The average molecular weight is 354 g/mol. The number of nitrogens with zero attached hydrogens (tertiary/aromatic N) is 2. The molecule has 0 atom stereocenters. The van der Waals surface area contributed by atoms with Crippen molar-refractivity contribution in [3.8, 4) is 0 Å². The molecule has 0 saturated heterocycles. The van der Waals surface area contributed by atoms with E-state index in [4.69, 9.17) is 4.74 Å². The number of benzene rings is 1. The molecule has 6 heteroatoms. The molecule has 0 unspecified atom stereocenters. The molecule has 3 rings (SSSR count). The highest BCUT2D eigenvalue weighted by Crippen LogP contribution is 2.23. The molecule has 0 spiro atoms. The highest BCUT2D eigenvalue weighted by atomic mass is 16.5. The maximum Gasteiger partial charge on any atom is 0.338 e. The minimum atomic E-state index is -0.309. The van der Waals surface area contributed by atoms with E-state index in [2.05, 4.69) is 20.6 Å². The van der Waals surface area contributed by atoms with Crippen molar-refractivity contribution < 1.29 is 9.53 Å². The summed E-state index contributed by atoms with van der Waals surface area (Å²) in [5, 5.41) is 6.81. The summed E-state index contributed by atoms with van der Waals surface area (Å²) in [6, 6.07) is 9.61. The summed E-state index contributed by atoms with van der Waals surface area (Å²) >= 11 is 0. The Bertz CT molecular complexity index is 740. The lowest BCUT2D eigenvalue weighted by atomic mass is 9.95. The number of carbonyl (C=O) groups excluding carboxylic acids is 1. The molecule has 6 nitrogen and oxygen atoms in total. The predicted molar refractivity (Wildman–Crippen MR) is 103 cm³/mol. The first-order valence-electron chi connectivity index (χ1n) is 9.30. The van der Waals surface area contributed by atoms with Gasteiger partial charge in [0.15, 0.2) is 0 Å². The first-order chi connectivity index (χ1) is 12.6. The van der Waals surface area contributed by atoms with Crippen LogP contribution in [-0.4, -0.2) is 28.6 Å². The number of nitrogens with one attached hydrogen (secondary N) is 2. The quantitative estimate of drug-likeness (QED) is 0.747. The zero-order chi connectivity index (χ0) is 18.4. The Morgan fingerprint density at radius 1 is 1.12 bits per heavy atom. The van der Waals surface area contributed by atoms with Gasteiger partial charge in [-0.1, -0.05) is 19.3 Å². The first-order valence-corrected chi connectivity index (χ1v) is 9.30. The molecule has 1 saturated carbocycles. The van der Waals surface area contributed by atoms with Crippen LogP contribution in [0.25, 0.3) is 0 Å². The maximum atomic E-state index is 11.7. The fourth-order valence-corrected chi connectivity index (χ4v) is 3.21. The van der Waals surface area contributed by atoms with Crippen LogP contribution in [0, 0.1) is 6.92 Å². The van der Waals surface area contributed by atoms with Crippen LogP contribution >= 0.6 is 0 Å². The van der Waals surface area contributed by atoms with E-state index in [9.17, 15) is 4.79 Å². The fourth-order valence-electron chi connectivity index (χ4n) is 3.21. The summed E-state index contributed by atoms with van der Waals surface area (Å²) in [6.07, 6.45) is 6.27. The molecule has 1 aliphatic carbocycles. The van der Waals surface area contributed by atoms with Gasteiger partial charge in [-0.3, -0.25) is 0 Å². The molecule has 26 heavy (non-hydrogen) atoms. The Balaban J connectivity index is 1.68. The molecule has 138 valence electrons. The largest absolute Gasteiger partial charge is 0.462 e. The van der Waals surface area contributed by atoms with E-state index in [1.165, 1.54) is 32.1 Å². The van der Waals surface area contributed by atoms with Crippen molar-refractivity contribution in [1.29, 1.82) is 0 Å². The molecular formula is C20H26N4O2. The first kappa shape index (κ1) is 18.2.